The summed E-state index contributed by atoms with van der Waals surface area (Å²) in [6, 6.07) is 0.733. The van der Waals surface area contributed by atoms with Crippen molar-refractivity contribution in [2.45, 2.75) is 46.6 Å². The van der Waals surface area contributed by atoms with Crippen LogP contribution in [0.3, 0.4) is 0 Å². The summed E-state index contributed by atoms with van der Waals surface area (Å²) < 4.78 is 0. The first kappa shape index (κ1) is 10.0. The van der Waals surface area contributed by atoms with E-state index in [4.69, 9.17) is 0 Å². The summed E-state index contributed by atoms with van der Waals surface area (Å²) in [5.41, 5.74) is 0. The minimum Gasteiger partial charge on any atom is -0.314 e. The normalized spacial score (nSPS) is 43.0. The fourth-order valence-electron chi connectivity index (χ4n) is 2.83. The van der Waals surface area contributed by atoms with Gasteiger partial charge in [0.25, 0.3) is 0 Å². The highest BCUT2D eigenvalue weighted by Crippen LogP contribution is 2.32. The monoisotopic (exact) mass is 169 g/mol. The van der Waals surface area contributed by atoms with Gasteiger partial charge in [0.05, 0.1) is 0 Å². The summed E-state index contributed by atoms with van der Waals surface area (Å²) in [5, 5.41) is 3.60. The molecule has 12 heavy (non-hydrogen) atoms. The van der Waals surface area contributed by atoms with Crippen LogP contribution in [0.4, 0.5) is 0 Å². The van der Waals surface area contributed by atoms with Gasteiger partial charge < -0.3 is 5.32 Å². The molecule has 4 atom stereocenters. The largest absolute Gasteiger partial charge is 0.314 e. The van der Waals surface area contributed by atoms with Gasteiger partial charge in [-0.15, -0.1) is 0 Å². The molecule has 1 heterocycles. The summed E-state index contributed by atoms with van der Waals surface area (Å²) >= 11 is 0. The predicted octanol–water partition coefficient (Wildman–Crippen LogP) is 2.67. The fraction of sp³-hybridized carbons (Fsp3) is 1.00. The molecular weight excluding hydrogens is 146 g/mol. The molecule has 72 valence electrons. The molecule has 1 aliphatic heterocycles. The Morgan fingerprint density at radius 2 is 1.67 bits per heavy atom. The van der Waals surface area contributed by atoms with E-state index < -0.39 is 0 Å². The average molecular weight is 169 g/mol. The van der Waals surface area contributed by atoms with Crippen LogP contribution >= 0.6 is 0 Å². The van der Waals surface area contributed by atoms with Crippen molar-refractivity contribution < 1.29 is 0 Å². The summed E-state index contributed by atoms with van der Waals surface area (Å²) in [4.78, 5) is 0. The zero-order valence-corrected chi connectivity index (χ0v) is 8.93. The minimum atomic E-state index is 0.733. The van der Waals surface area contributed by atoms with Crippen LogP contribution in [-0.4, -0.2) is 12.6 Å². The third kappa shape index (κ3) is 1.82. The average Bonchev–Trinajstić information content (AvgIpc) is 2.08. The van der Waals surface area contributed by atoms with Gasteiger partial charge in [0.2, 0.25) is 0 Å². The number of rotatable bonds is 2. The lowest BCUT2D eigenvalue weighted by molar-refractivity contribution is 0.130. The first-order valence-electron chi connectivity index (χ1n) is 5.44. The van der Waals surface area contributed by atoms with E-state index in [1.54, 1.807) is 0 Å². The molecule has 0 aromatic carbocycles. The molecule has 0 bridgehead atoms. The second-order valence-electron chi connectivity index (χ2n) is 4.32. The van der Waals surface area contributed by atoms with Gasteiger partial charge in [-0.3, -0.25) is 0 Å². The zero-order valence-electron chi connectivity index (χ0n) is 8.93. The SMILES string of the molecule is CCC1C(C)CNC(C)C1CC. The minimum absolute atomic E-state index is 0.733. The maximum Gasteiger partial charge on any atom is 0.00697 e. The topological polar surface area (TPSA) is 12.0 Å². The zero-order chi connectivity index (χ0) is 9.14. The Labute approximate surface area is 76.9 Å². The van der Waals surface area contributed by atoms with Crippen molar-refractivity contribution in [3.63, 3.8) is 0 Å². The molecule has 1 heteroatoms. The van der Waals surface area contributed by atoms with Crippen molar-refractivity contribution in [2.24, 2.45) is 17.8 Å². The Kier molecular flexibility index (Phi) is 3.57. The van der Waals surface area contributed by atoms with Gasteiger partial charge in [-0.05, 0) is 31.2 Å². The summed E-state index contributed by atoms with van der Waals surface area (Å²) in [6.07, 6.45) is 2.68. The number of nitrogens with one attached hydrogen (secondary N) is 1. The summed E-state index contributed by atoms with van der Waals surface area (Å²) in [7, 11) is 0. The van der Waals surface area contributed by atoms with Crippen molar-refractivity contribution in [1.29, 1.82) is 0 Å². The number of hydrogen-bond donors (Lipinski definition) is 1. The molecule has 4 unspecified atom stereocenters. The summed E-state index contributed by atoms with van der Waals surface area (Å²) in [6.45, 7) is 10.6. The van der Waals surface area contributed by atoms with E-state index in [0.29, 0.717) is 0 Å². The first-order chi connectivity index (χ1) is 5.70. The molecule has 1 saturated heterocycles. The molecule has 0 saturated carbocycles. The van der Waals surface area contributed by atoms with Crippen LogP contribution in [0.1, 0.15) is 40.5 Å². The Hall–Kier alpha value is -0.0400. The van der Waals surface area contributed by atoms with Gasteiger partial charge >= 0.3 is 0 Å². The van der Waals surface area contributed by atoms with E-state index in [1.165, 1.54) is 19.4 Å². The molecular formula is C11H23N. The van der Waals surface area contributed by atoms with E-state index >= 15 is 0 Å². The number of hydrogen-bond acceptors (Lipinski definition) is 1. The van der Waals surface area contributed by atoms with Gasteiger partial charge in [0.15, 0.2) is 0 Å². The maximum absolute atomic E-state index is 3.60. The van der Waals surface area contributed by atoms with Crippen molar-refractivity contribution >= 4 is 0 Å². The van der Waals surface area contributed by atoms with E-state index in [0.717, 1.165) is 23.8 Å². The third-order valence-corrected chi connectivity index (χ3v) is 3.63. The van der Waals surface area contributed by atoms with Crippen LogP contribution in [0, 0.1) is 17.8 Å². The van der Waals surface area contributed by atoms with Crippen molar-refractivity contribution in [3.8, 4) is 0 Å². The highest BCUT2D eigenvalue weighted by Gasteiger charge is 2.32. The van der Waals surface area contributed by atoms with Crippen molar-refractivity contribution in [2.75, 3.05) is 6.54 Å². The van der Waals surface area contributed by atoms with Gasteiger partial charge in [0.1, 0.15) is 0 Å². The lowest BCUT2D eigenvalue weighted by Crippen LogP contribution is -2.48. The standard InChI is InChI=1S/C11H23N/c1-5-10-8(3)7-12-9(4)11(10)6-2/h8-12H,5-7H2,1-4H3. The van der Waals surface area contributed by atoms with E-state index in [-0.39, 0.29) is 0 Å². The van der Waals surface area contributed by atoms with E-state index in [2.05, 4.69) is 33.0 Å². The predicted molar refractivity (Wildman–Crippen MR) is 54.2 cm³/mol. The molecule has 1 fully saturated rings. The summed E-state index contributed by atoms with van der Waals surface area (Å²) in [5.74, 6) is 2.72. The molecule has 1 rings (SSSR count). The molecule has 1 N–H and O–H groups in total. The molecule has 0 spiro atoms. The van der Waals surface area contributed by atoms with Gasteiger partial charge in [-0.1, -0.05) is 33.6 Å². The Bertz CT molecular complexity index is 117. The van der Waals surface area contributed by atoms with Gasteiger partial charge in [0, 0.05) is 6.04 Å². The van der Waals surface area contributed by atoms with E-state index in [1.807, 2.05) is 0 Å². The maximum atomic E-state index is 3.60. The molecule has 1 aliphatic rings. The molecule has 0 aromatic heterocycles. The van der Waals surface area contributed by atoms with Crippen LogP contribution in [0.15, 0.2) is 0 Å². The Morgan fingerprint density at radius 1 is 1.08 bits per heavy atom. The number of piperidine rings is 1. The second-order valence-corrected chi connectivity index (χ2v) is 4.32. The molecule has 0 radical (unpaired) electrons. The van der Waals surface area contributed by atoms with Crippen LogP contribution in [0.5, 0.6) is 0 Å². The van der Waals surface area contributed by atoms with Gasteiger partial charge in [-0.25, -0.2) is 0 Å². The van der Waals surface area contributed by atoms with Crippen LogP contribution in [0.2, 0.25) is 0 Å². The second kappa shape index (κ2) is 4.27. The molecule has 0 aromatic rings. The lowest BCUT2D eigenvalue weighted by Gasteiger charge is -2.40. The Morgan fingerprint density at radius 3 is 2.08 bits per heavy atom. The van der Waals surface area contributed by atoms with Crippen LogP contribution in [-0.2, 0) is 0 Å². The van der Waals surface area contributed by atoms with Crippen molar-refractivity contribution in [3.05, 3.63) is 0 Å². The van der Waals surface area contributed by atoms with Crippen molar-refractivity contribution in [1.82, 2.24) is 5.32 Å². The fourth-order valence-corrected chi connectivity index (χ4v) is 2.83. The molecule has 0 aliphatic carbocycles. The van der Waals surface area contributed by atoms with Gasteiger partial charge in [-0.2, -0.15) is 0 Å². The quantitative estimate of drug-likeness (QED) is 0.670. The molecule has 1 nitrogen and oxygen atoms in total. The third-order valence-electron chi connectivity index (χ3n) is 3.63. The lowest BCUT2D eigenvalue weighted by atomic mass is 9.73. The highest BCUT2D eigenvalue weighted by atomic mass is 14.9. The Balaban J connectivity index is 2.61. The highest BCUT2D eigenvalue weighted by molar-refractivity contribution is 4.86. The van der Waals surface area contributed by atoms with E-state index in [9.17, 15) is 0 Å². The molecule has 0 amide bonds. The smallest absolute Gasteiger partial charge is 0.00697 e. The first-order valence-corrected chi connectivity index (χ1v) is 5.44. The van der Waals surface area contributed by atoms with Crippen LogP contribution < -0.4 is 5.32 Å². The van der Waals surface area contributed by atoms with Crippen LogP contribution in [0.25, 0.3) is 0 Å².